The number of nitrogens with two attached hydrogens (primary N) is 1. The van der Waals surface area contributed by atoms with E-state index < -0.39 is 23.6 Å². The number of fused-ring (bicyclic) bond motifs is 1. The molecule has 0 saturated carbocycles. The van der Waals surface area contributed by atoms with Gasteiger partial charge in [0, 0.05) is 12.1 Å². The van der Waals surface area contributed by atoms with Crippen LogP contribution in [0.5, 0.6) is 0 Å². The zero-order chi connectivity index (χ0) is 17.2. The van der Waals surface area contributed by atoms with Gasteiger partial charge in [-0.25, -0.2) is 4.79 Å². The van der Waals surface area contributed by atoms with Crippen LogP contribution in [0.3, 0.4) is 0 Å². The number of para-hydroxylation sites is 1. The normalized spacial score (nSPS) is 17.4. The SMILES string of the molecule is CC(C)(C)OC(=O)N[C@H]1Cc2ccccc2N(CC(N)=O)C1=O. The van der Waals surface area contributed by atoms with Crippen molar-refractivity contribution >= 4 is 23.6 Å². The molecule has 1 aromatic rings. The van der Waals surface area contributed by atoms with Gasteiger partial charge in [-0.2, -0.15) is 0 Å². The minimum Gasteiger partial charge on any atom is -0.444 e. The Balaban J connectivity index is 2.22. The summed E-state index contributed by atoms with van der Waals surface area (Å²) in [5.41, 5.74) is 6.06. The first-order chi connectivity index (χ1) is 10.7. The van der Waals surface area contributed by atoms with Gasteiger partial charge in [0.15, 0.2) is 0 Å². The fourth-order valence-corrected chi connectivity index (χ4v) is 2.44. The number of rotatable bonds is 3. The molecule has 124 valence electrons. The minimum atomic E-state index is -0.793. The van der Waals surface area contributed by atoms with Crippen molar-refractivity contribution in [3.05, 3.63) is 29.8 Å². The first-order valence-electron chi connectivity index (χ1n) is 7.34. The number of hydrogen-bond acceptors (Lipinski definition) is 4. The predicted molar refractivity (Wildman–Crippen MR) is 84.9 cm³/mol. The van der Waals surface area contributed by atoms with Gasteiger partial charge in [0.25, 0.3) is 5.91 Å². The first-order valence-corrected chi connectivity index (χ1v) is 7.34. The molecule has 0 aliphatic carbocycles. The molecule has 1 aliphatic heterocycles. The molecule has 0 spiro atoms. The lowest BCUT2D eigenvalue weighted by Crippen LogP contribution is -2.55. The van der Waals surface area contributed by atoms with Gasteiger partial charge in [-0.05, 0) is 32.4 Å². The highest BCUT2D eigenvalue weighted by molar-refractivity contribution is 6.04. The van der Waals surface area contributed by atoms with E-state index in [4.69, 9.17) is 10.5 Å². The van der Waals surface area contributed by atoms with Crippen molar-refractivity contribution < 1.29 is 19.1 Å². The van der Waals surface area contributed by atoms with Crippen molar-refractivity contribution in [2.75, 3.05) is 11.4 Å². The Morgan fingerprint density at radius 3 is 2.61 bits per heavy atom. The fourth-order valence-electron chi connectivity index (χ4n) is 2.44. The van der Waals surface area contributed by atoms with Crippen molar-refractivity contribution in [2.24, 2.45) is 5.73 Å². The number of alkyl carbamates (subject to hydrolysis) is 1. The number of amides is 3. The van der Waals surface area contributed by atoms with Crippen LogP contribution in [-0.2, 0) is 20.7 Å². The number of ether oxygens (including phenoxy) is 1. The van der Waals surface area contributed by atoms with Crippen LogP contribution in [0, 0.1) is 0 Å². The molecule has 0 aromatic heterocycles. The molecule has 1 aromatic carbocycles. The van der Waals surface area contributed by atoms with E-state index >= 15 is 0 Å². The molecule has 1 heterocycles. The van der Waals surface area contributed by atoms with Gasteiger partial charge in [-0.1, -0.05) is 18.2 Å². The molecule has 1 aliphatic rings. The van der Waals surface area contributed by atoms with E-state index in [1.807, 2.05) is 12.1 Å². The van der Waals surface area contributed by atoms with Gasteiger partial charge in [-0.15, -0.1) is 0 Å². The summed E-state index contributed by atoms with van der Waals surface area (Å²) >= 11 is 0. The molecule has 0 fully saturated rings. The molecular formula is C16H21N3O4. The van der Waals surface area contributed by atoms with Gasteiger partial charge in [0.1, 0.15) is 18.2 Å². The monoisotopic (exact) mass is 319 g/mol. The molecular weight excluding hydrogens is 298 g/mol. The van der Waals surface area contributed by atoms with E-state index in [1.165, 1.54) is 4.90 Å². The van der Waals surface area contributed by atoms with Gasteiger partial charge in [0.05, 0.1) is 0 Å². The van der Waals surface area contributed by atoms with Crippen LogP contribution >= 0.6 is 0 Å². The highest BCUT2D eigenvalue weighted by atomic mass is 16.6. The first kappa shape index (κ1) is 16.8. The zero-order valence-electron chi connectivity index (χ0n) is 13.5. The van der Waals surface area contributed by atoms with Crippen LogP contribution < -0.4 is 16.0 Å². The summed E-state index contributed by atoms with van der Waals surface area (Å²) in [5.74, 6) is -1.00. The summed E-state index contributed by atoms with van der Waals surface area (Å²) in [5, 5.41) is 2.56. The Kier molecular flexibility index (Phi) is 4.58. The summed E-state index contributed by atoms with van der Waals surface area (Å²) in [7, 11) is 0. The van der Waals surface area contributed by atoms with Gasteiger partial charge < -0.3 is 20.7 Å². The van der Waals surface area contributed by atoms with Crippen LogP contribution in [0.4, 0.5) is 10.5 Å². The maximum atomic E-state index is 12.6. The lowest BCUT2D eigenvalue weighted by molar-refractivity contribution is -0.124. The molecule has 23 heavy (non-hydrogen) atoms. The number of carbonyl (C=O) groups is 3. The largest absolute Gasteiger partial charge is 0.444 e. The van der Waals surface area contributed by atoms with E-state index in [2.05, 4.69) is 5.32 Å². The van der Waals surface area contributed by atoms with Crippen molar-refractivity contribution in [1.82, 2.24) is 5.32 Å². The third-order valence-corrected chi connectivity index (χ3v) is 3.28. The third kappa shape index (κ3) is 4.21. The Morgan fingerprint density at radius 1 is 1.35 bits per heavy atom. The molecule has 7 nitrogen and oxygen atoms in total. The van der Waals surface area contributed by atoms with Crippen LogP contribution in [0.1, 0.15) is 26.3 Å². The number of anilines is 1. The topological polar surface area (TPSA) is 102 Å². The second kappa shape index (κ2) is 6.28. The standard InChI is InChI=1S/C16H21N3O4/c1-16(2,3)23-15(22)18-11-8-10-6-4-5-7-12(10)19(14(11)21)9-13(17)20/h4-7,11H,8-9H2,1-3H3,(H2,17,20)(H,18,22)/t11-/m0/s1. The maximum Gasteiger partial charge on any atom is 0.408 e. The molecule has 2 rings (SSSR count). The number of nitrogens with zero attached hydrogens (tertiary/aromatic N) is 1. The molecule has 7 heteroatoms. The van der Waals surface area contributed by atoms with E-state index in [-0.39, 0.29) is 12.5 Å². The van der Waals surface area contributed by atoms with E-state index in [0.717, 1.165) is 5.56 Å². The summed E-state index contributed by atoms with van der Waals surface area (Å²) in [4.78, 5) is 37.0. The van der Waals surface area contributed by atoms with E-state index in [0.29, 0.717) is 12.1 Å². The van der Waals surface area contributed by atoms with Gasteiger partial charge in [0.2, 0.25) is 5.91 Å². The molecule has 0 bridgehead atoms. The molecule has 0 saturated heterocycles. The van der Waals surface area contributed by atoms with Crippen LogP contribution in [0.15, 0.2) is 24.3 Å². The maximum absolute atomic E-state index is 12.6. The Bertz CT molecular complexity index is 636. The average Bonchev–Trinajstić information content (AvgIpc) is 2.41. The van der Waals surface area contributed by atoms with Crippen molar-refractivity contribution in [1.29, 1.82) is 0 Å². The van der Waals surface area contributed by atoms with Crippen LogP contribution in [0.25, 0.3) is 0 Å². The summed E-state index contributed by atoms with van der Waals surface area (Å²) in [6, 6.07) is 6.42. The number of primary amides is 1. The quantitative estimate of drug-likeness (QED) is 0.866. The molecule has 0 unspecified atom stereocenters. The molecule has 0 radical (unpaired) electrons. The Morgan fingerprint density at radius 2 is 2.00 bits per heavy atom. The number of carbonyl (C=O) groups excluding carboxylic acids is 3. The van der Waals surface area contributed by atoms with Gasteiger partial charge in [-0.3, -0.25) is 9.59 Å². The molecule has 3 amide bonds. The average molecular weight is 319 g/mol. The summed E-state index contributed by atoms with van der Waals surface area (Å²) < 4.78 is 5.18. The molecule has 1 atom stereocenters. The Labute approximate surface area is 134 Å². The smallest absolute Gasteiger partial charge is 0.408 e. The fraction of sp³-hybridized carbons (Fsp3) is 0.438. The summed E-state index contributed by atoms with van der Waals surface area (Å²) in [6.07, 6.45) is -0.335. The van der Waals surface area contributed by atoms with Crippen molar-refractivity contribution in [3.63, 3.8) is 0 Å². The van der Waals surface area contributed by atoms with Crippen molar-refractivity contribution in [3.8, 4) is 0 Å². The minimum absolute atomic E-state index is 0.234. The Hall–Kier alpha value is -2.57. The highest BCUT2D eigenvalue weighted by Crippen LogP contribution is 2.27. The molecule has 3 N–H and O–H groups in total. The van der Waals surface area contributed by atoms with E-state index in [9.17, 15) is 14.4 Å². The number of nitrogens with one attached hydrogen (secondary N) is 1. The number of benzene rings is 1. The third-order valence-electron chi connectivity index (χ3n) is 3.28. The summed E-state index contributed by atoms with van der Waals surface area (Å²) in [6.45, 7) is 4.99. The highest BCUT2D eigenvalue weighted by Gasteiger charge is 2.35. The van der Waals surface area contributed by atoms with Crippen LogP contribution in [0.2, 0.25) is 0 Å². The lowest BCUT2D eigenvalue weighted by atomic mass is 9.97. The van der Waals surface area contributed by atoms with Crippen molar-refractivity contribution in [2.45, 2.75) is 38.8 Å². The second-order valence-electron chi connectivity index (χ2n) is 6.42. The van der Waals surface area contributed by atoms with Gasteiger partial charge >= 0.3 is 6.09 Å². The lowest BCUT2D eigenvalue weighted by Gasteiger charge is -2.34. The predicted octanol–water partition coefficient (Wildman–Crippen LogP) is 0.954. The van der Waals surface area contributed by atoms with Crippen LogP contribution in [-0.4, -0.2) is 36.1 Å². The number of hydrogen-bond donors (Lipinski definition) is 2. The van der Waals surface area contributed by atoms with E-state index in [1.54, 1.807) is 32.9 Å². The second-order valence-corrected chi connectivity index (χ2v) is 6.42. The zero-order valence-corrected chi connectivity index (χ0v) is 13.5.